The van der Waals surface area contributed by atoms with E-state index in [9.17, 15) is 14.0 Å². The minimum absolute atomic E-state index is 0.0491. The number of aromatic nitrogens is 3. The van der Waals surface area contributed by atoms with E-state index in [0.717, 1.165) is 55.6 Å². The van der Waals surface area contributed by atoms with E-state index in [1.165, 1.54) is 6.07 Å². The maximum atomic E-state index is 14.5. The standard InChI is InChI=1S/C29H36FN5O3S/c1-19(2)27(37)38-18-34-24-15-20(30)17-31-25(24)32-28(34)29(3)11-5-6-14-35(29)26(36)22-16-21(39-4)9-10-23(22)33-12-7-8-13-33/h9-10,15-17,19H,5-8,11-14,18H2,1-4H3/t29-/m0/s1. The smallest absolute Gasteiger partial charge is 0.310 e. The summed E-state index contributed by atoms with van der Waals surface area (Å²) in [6, 6.07) is 7.50. The van der Waals surface area contributed by atoms with Crippen LogP contribution < -0.4 is 4.90 Å². The first-order chi connectivity index (χ1) is 18.7. The molecule has 2 saturated heterocycles. The lowest BCUT2D eigenvalue weighted by Gasteiger charge is -2.44. The average Bonchev–Trinajstić information content (AvgIpc) is 3.60. The van der Waals surface area contributed by atoms with Crippen LogP contribution in [-0.4, -0.2) is 57.2 Å². The van der Waals surface area contributed by atoms with Crippen LogP contribution in [0.15, 0.2) is 35.4 Å². The lowest BCUT2D eigenvalue weighted by molar-refractivity contribution is -0.151. The van der Waals surface area contributed by atoms with Crippen LogP contribution in [0.25, 0.3) is 11.2 Å². The van der Waals surface area contributed by atoms with Crippen molar-refractivity contribution in [3.05, 3.63) is 47.7 Å². The third kappa shape index (κ3) is 5.23. The molecule has 2 fully saturated rings. The van der Waals surface area contributed by atoms with Gasteiger partial charge in [-0.1, -0.05) is 13.8 Å². The van der Waals surface area contributed by atoms with Gasteiger partial charge in [0.25, 0.3) is 5.91 Å². The number of rotatable bonds is 7. The zero-order valence-electron chi connectivity index (χ0n) is 23.1. The number of esters is 1. The van der Waals surface area contributed by atoms with Crippen molar-refractivity contribution >= 4 is 40.5 Å². The van der Waals surface area contributed by atoms with Gasteiger partial charge in [0.2, 0.25) is 0 Å². The number of thioether (sulfide) groups is 1. The van der Waals surface area contributed by atoms with Gasteiger partial charge >= 0.3 is 5.97 Å². The summed E-state index contributed by atoms with van der Waals surface area (Å²) in [6.07, 6.45) is 7.82. The number of nitrogens with zero attached hydrogens (tertiary/aromatic N) is 5. The normalized spacial score (nSPS) is 19.7. The van der Waals surface area contributed by atoms with Gasteiger partial charge in [-0.3, -0.25) is 14.2 Å². The quantitative estimate of drug-likeness (QED) is 0.279. The number of carbonyl (C=O) groups excluding carboxylic acids is 2. The van der Waals surface area contributed by atoms with E-state index < -0.39 is 11.4 Å². The number of benzene rings is 1. The number of anilines is 1. The summed E-state index contributed by atoms with van der Waals surface area (Å²) in [4.78, 5) is 41.1. The first-order valence-electron chi connectivity index (χ1n) is 13.7. The molecule has 4 heterocycles. The fourth-order valence-electron chi connectivity index (χ4n) is 5.69. The first-order valence-corrected chi connectivity index (χ1v) is 14.9. The van der Waals surface area contributed by atoms with Crippen molar-refractivity contribution in [1.29, 1.82) is 0 Å². The number of halogens is 1. The molecule has 39 heavy (non-hydrogen) atoms. The van der Waals surface area contributed by atoms with Gasteiger partial charge in [0.1, 0.15) is 11.6 Å². The Hall–Kier alpha value is -3.14. The van der Waals surface area contributed by atoms with Crippen LogP contribution in [0.5, 0.6) is 0 Å². The Labute approximate surface area is 232 Å². The van der Waals surface area contributed by atoms with E-state index in [-0.39, 0.29) is 24.5 Å². The second kappa shape index (κ2) is 11.2. The maximum absolute atomic E-state index is 14.5. The van der Waals surface area contributed by atoms with Gasteiger partial charge in [-0.25, -0.2) is 14.4 Å². The Morgan fingerprint density at radius 3 is 2.59 bits per heavy atom. The summed E-state index contributed by atoms with van der Waals surface area (Å²) in [7, 11) is 0. The molecule has 2 aliphatic heterocycles. The number of amides is 1. The Morgan fingerprint density at radius 1 is 1.13 bits per heavy atom. The predicted molar refractivity (Wildman–Crippen MR) is 150 cm³/mol. The van der Waals surface area contributed by atoms with Gasteiger partial charge in [0.05, 0.1) is 28.7 Å². The van der Waals surface area contributed by atoms with Crippen LogP contribution in [0.2, 0.25) is 0 Å². The predicted octanol–water partition coefficient (Wildman–Crippen LogP) is 5.59. The molecule has 0 N–H and O–H groups in total. The van der Waals surface area contributed by atoms with Crippen molar-refractivity contribution in [3.8, 4) is 0 Å². The van der Waals surface area contributed by atoms with E-state index in [0.29, 0.717) is 35.5 Å². The van der Waals surface area contributed by atoms with Gasteiger partial charge in [0, 0.05) is 36.3 Å². The number of piperidine rings is 1. The van der Waals surface area contributed by atoms with E-state index in [1.54, 1.807) is 30.2 Å². The van der Waals surface area contributed by atoms with Crippen LogP contribution in [0.4, 0.5) is 10.1 Å². The van der Waals surface area contributed by atoms with Crippen LogP contribution in [0, 0.1) is 11.7 Å². The van der Waals surface area contributed by atoms with E-state index >= 15 is 0 Å². The number of pyridine rings is 1. The summed E-state index contributed by atoms with van der Waals surface area (Å²) >= 11 is 1.61. The molecule has 0 radical (unpaired) electrons. The molecule has 0 aliphatic carbocycles. The summed E-state index contributed by atoms with van der Waals surface area (Å²) in [5.41, 5.74) is 1.63. The molecule has 8 nitrogen and oxygen atoms in total. The molecule has 3 aromatic rings. The highest BCUT2D eigenvalue weighted by atomic mass is 32.2. The lowest BCUT2D eigenvalue weighted by atomic mass is 9.86. The fraction of sp³-hybridized carbons (Fsp3) is 0.517. The Morgan fingerprint density at radius 2 is 1.87 bits per heavy atom. The van der Waals surface area contributed by atoms with Crippen LogP contribution in [-0.2, 0) is 21.8 Å². The van der Waals surface area contributed by atoms with Crippen molar-refractivity contribution < 1.29 is 18.7 Å². The SMILES string of the molecule is CSc1ccc(N2CCCC2)c(C(=O)N2CCCC[C@@]2(C)c2nc3ncc(F)cc3n2COC(=O)C(C)C)c1. The largest absolute Gasteiger partial charge is 0.444 e. The second-order valence-electron chi connectivity index (χ2n) is 10.9. The lowest BCUT2D eigenvalue weighted by Crippen LogP contribution is -2.52. The molecular weight excluding hydrogens is 517 g/mol. The van der Waals surface area contributed by atoms with Crippen molar-refractivity contribution in [2.75, 3.05) is 30.8 Å². The molecule has 208 valence electrons. The molecule has 2 aromatic heterocycles. The Balaban J connectivity index is 1.60. The van der Waals surface area contributed by atoms with Crippen molar-refractivity contribution in [2.24, 2.45) is 5.92 Å². The minimum atomic E-state index is -0.811. The monoisotopic (exact) mass is 553 g/mol. The van der Waals surface area contributed by atoms with Gasteiger partial charge in [-0.05, 0) is 63.5 Å². The van der Waals surface area contributed by atoms with Crippen LogP contribution >= 0.6 is 11.8 Å². The number of hydrogen-bond acceptors (Lipinski definition) is 7. The summed E-state index contributed by atoms with van der Waals surface area (Å²) in [5.74, 6) is -0.681. The molecule has 10 heteroatoms. The number of fused-ring (bicyclic) bond motifs is 1. The Kier molecular flexibility index (Phi) is 7.84. The summed E-state index contributed by atoms with van der Waals surface area (Å²) in [6.45, 7) is 7.84. The van der Waals surface area contributed by atoms with Crippen molar-refractivity contribution in [1.82, 2.24) is 19.4 Å². The molecule has 0 bridgehead atoms. The fourth-order valence-corrected chi connectivity index (χ4v) is 6.13. The van der Waals surface area contributed by atoms with Gasteiger partial charge in [0.15, 0.2) is 12.4 Å². The molecular formula is C29H36FN5O3S. The van der Waals surface area contributed by atoms with Gasteiger partial charge < -0.3 is 14.5 Å². The molecule has 0 saturated carbocycles. The summed E-state index contributed by atoms with van der Waals surface area (Å²) < 4.78 is 21.6. The Bertz CT molecular complexity index is 1390. The minimum Gasteiger partial charge on any atom is -0.444 e. The van der Waals surface area contributed by atoms with E-state index in [2.05, 4.69) is 22.0 Å². The first kappa shape index (κ1) is 27.4. The summed E-state index contributed by atoms with van der Waals surface area (Å²) in [5, 5.41) is 0. The molecule has 1 atom stereocenters. The van der Waals surface area contributed by atoms with Crippen molar-refractivity contribution in [3.63, 3.8) is 0 Å². The number of ether oxygens (including phenoxy) is 1. The van der Waals surface area contributed by atoms with E-state index in [4.69, 9.17) is 9.72 Å². The molecule has 5 rings (SSSR count). The highest BCUT2D eigenvalue weighted by molar-refractivity contribution is 7.98. The third-order valence-corrected chi connectivity index (χ3v) is 8.60. The van der Waals surface area contributed by atoms with Gasteiger partial charge in [-0.15, -0.1) is 11.8 Å². The molecule has 1 aromatic carbocycles. The molecule has 1 amide bonds. The maximum Gasteiger partial charge on any atom is 0.310 e. The third-order valence-electron chi connectivity index (χ3n) is 7.88. The van der Waals surface area contributed by atoms with E-state index in [1.807, 2.05) is 24.1 Å². The van der Waals surface area contributed by atoms with Crippen LogP contribution in [0.3, 0.4) is 0 Å². The molecule has 0 unspecified atom stereocenters. The zero-order chi connectivity index (χ0) is 27.7. The van der Waals surface area contributed by atoms with Gasteiger partial charge in [-0.2, -0.15) is 0 Å². The number of imidazole rings is 1. The molecule has 2 aliphatic rings. The zero-order valence-corrected chi connectivity index (χ0v) is 23.9. The molecule has 0 spiro atoms. The number of carbonyl (C=O) groups is 2. The highest BCUT2D eigenvalue weighted by Crippen LogP contribution is 2.41. The topological polar surface area (TPSA) is 80.6 Å². The number of hydrogen-bond donors (Lipinski definition) is 0. The second-order valence-corrected chi connectivity index (χ2v) is 11.8. The van der Waals surface area contributed by atoms with Crippen molar-refractivity contribution in [2.45, 2.75) is 70.0 Å². The van der Waals surface area contributed by atoms with Crippen LogP contribution in [0.1, 0.15) is 69.1 Å². The highest BCUT2D eigenvalue weighted by Gasteiger charge is 2.44. The average molecular weight is 554 g/mol. The number of likely N-dealkylation sites (tertiary alicyclic amines) is 1.